The second-order valence-electron chi connectivity index (χ2n) is 3.77. The van der Waals surface area contributed by atoms with Gasteiger partial charge in [0.2, 0.25) is 0 Å². The van der Waals surface area contributed by atoms with E-state index in [9.17, 15) is 0 Å². The summed E-state index contributed by atoms with van der Waals surface area (Å²) in [5, 5.41) is 15.7. The summed E-state index contributed by atoms with van der Waals surface area (Å²) in [6.07, 6.45) is 1.60. The molecule has 0 atom stereocenters. The van der Waals surface area contributed by atoms with E-state index in [1.54, 1.807) is 16.9 Å². The third-order valence-electron chi connectivity index (χ3n) is 2.62. The number of fused-ring (bicyclic) bond motifs is 1. The van der Waals surface area contributed by atoms with E-state index in [2.05, 4.69) is 15.3 Å². The van der Waals surface area contributed by atoms with Crippen LogP contribution in [0.2, 0.25) is 0 Å². The Morgan fingerprint density at radius 3 is 2.83 bits per heavy atom. The van der Waals surface area contributed by atoms with Crippen molar-refractivity contribution in [2.45, 2.75) is 0 Å². The van der Waals surface area contributed by atoms with Crippen LogP contribution in [0.5, 0.6) is 0 Å². The van der Waals surface area contributed by atoms with Gasteiger partial charge in [0.15, 0.2) is 0 Å². The molecule has 3 N–H and O–H groups in total. The van der Waals surface area contributed by atoms with Crippen molar-refractivity contribution in [3.8, 4) is 5.69 Å². The minimum Gasteiger partial charge on any atom is -0.382 e. The molecule has 6 nitrogen and oxygen atoms in total. The Hall–Kier alpha value is -2.76. The molecule has 2 heterocycles. The van der Waals surface area contributed by atoms with Crippen LogP contribution in [-0.4, -0.2) is 25.8 Å². The maximum atomic E-state index is 7.54. The molecule has 0 fully saturated rings. The van der Waals surface area contributed by atoms with Crippen LogP contribution in [0.25, 0.3) is 16.7 Å². The first-order chi connectivity index (χ1) is 8.77. The smallest absolute Gasteiger partial charge is 0.144 e. The molecule has 0 aliphatic heterocycles. The molecule has 0 radical (unpaired) electrons. The number of nitrogens with two attached hydrogens (primary N) is 1. The zero-order chi connectivity index (χ0) is 12.5. The maximum absolute atomic E-state index is 7.54. The topological polar surface area (TPSA) is 93.5 Å². The number of para-hydroxylation sites is 1. The minimum absolute atomic E-state index is 0.0924. The van der Waals surface area contributed by atoms with Crippen molar-refractivity contribution < 1.29 is 0 Å². The second-order valence-corrected chi connectivity index (χ2v) is 3.77. The van der Waals surface area contributed by atoms with Crippen LogP contribution < -0.4 is 5.73 Å². The standard InChI is InChI=1S/C12H10N6/c13-12(14)11-10(6-3-7-15-11)18-9-5-2-1-4-8(9)16-17-18/h1-7H,(H3,13,14). The third kappa shape index (κ3) is 1.51. The Kier molecular flexibility index (Phi) is 2.26. The lowest BCUT2D eigenvalue weighted by molar-refractivity contribution is 0.817. The van der Waals surface area contributed by atoms with E-state index in [-0.39, 0.29) is 5.84 Å². The monoisotopic (exact) mass is 238 g/mol. The summed E-state index contributed by atoms with van der Waals surface area (Å²) in [6, 6.07) is 11.2. The molecule has 0 spiro atoms. The average molecular weight is 238 g/mol. The highest BCUT2D eigenvalue weighted by molar-refractivity contribution is 5.97. The fraction of sp³-hybridized carbons (Fsp3) is 0. The lowest BCUT2D eigenvalue weighted by Crippen LogP contribution is -2.17. The SMILES string of the molecule is N=C(N)c1ncccc1-n1nnc2ccccc21. The fourth-order valence-corrected chi connectivity index (χ4v) is 1.82. The molecule has 0 aliphatic carbocycles. The van der Waals surface area contributed by atoms with Crippen LogP contribution in [0, 0.1) is 5.41 Å². The van der Waals surface area contributed by atoms with Crippen molar-refractivity contribution in [3.05, 3.63) is 48.3 Å². The summed E-state index contributed by atoms with van der Waals surface area (Å²) < 4.78 is 1.64. The number of nitrogens with zero attached hydrogens (tertiary/aromatic N) is 4. The molecule has 0 aliphatic rings. The number of amidine groups is 1. The van der Waals surface area contributed by atoms with Gasteiger partial charge in [-0.3, -0.25) is 10.4 Å². The largest absolute Gasteiger partial charge is 0.382 e. The van der Waals surface area contributed by atoms with Crippen LogP contribution in [0.3, 0.4) is 0 Å². The molecule has 88 valence electrons. The van der Waals surface area contributed by atoms with E-state index in [4.69, 9.17) is 11.1 Å². The van der Waals surface area contributed by atoms with Crippen molar-refractivity contribution in [2.24, 2.45) is 5.73 Å². The molecule has 3 rings (SSSR count). The number of benzene rings is 1. The third-order valence-corrected chi connectivity index (χ3v) is 2.62. The lowest BCUT2D eigenvalue weighted by atomic mass is 10.2. The average Bonchev–Trinajstić information content (AvgIpc) is 2.82. The van der Waals surface area contributed by atoms with Crippen molar-refractivity contribution >= 4 is 16.9 Å². The first kappa shape index (κ1) is 10.4. The summed E-state index contributed by atoms with van der Waals surface area (Å²) >= 11 is 0. The number of aromatic nitrogens is 4. The Morgan fingerprint density at radius 1 is 1.17 bits per heavy atom. The number of hydrogen-bond acceptors (Lipinski definition) is 4. The Bertz CT molecular complexity index is 730. The highest BCUT2D eigenvalue weighted by Gasteiger charge is 2.12. The lowest BCUT2D eigenvalue weighted by Gasteiger charge is -2.06. The Morgan fingerprint density at radius 2 is 2.00 bits per heavy atom. The van der Waals surface area contributed by atoms with Crippen LogP contribution >= 0.6 is 0 Å². The number of rotatable bonds is 2. The van der Waals surface area contributed by atoms with E-state index >= 15 is 0 Å². The number of hydrogen-bond donors (Lipinski definition) is 2. The van der Waals surface area contributed by atoms with Gasteiger partial charge >= 0.3 is 0 Å². The molecule has 0 saturated heterocycles. The molecule has 0 unspecified atom stereocenters. The van der Waals surface area contributed by atoms with Crippen molar-refractivity contribution in [1.82, 2.24) is 20.0 Å². The van der Waals surface area contributed by atoms with Gasteiger partial charge in [-0.2, -0.15) is 0 Å². The zero-order valence-electron chi connectivity index (χ0n) is 9.41. The number of nitrogens with one attached hydrogen (secondary N) is 1. The van der Waals surface area contributed by atoms with E-state index in [1.807, 2.05) is 30.3 Å². The van der Waals surface area contributed by atoms with Crippen LogP contribution in [0.4, 0.5) is 0 Å². The van der Waals surface area contributed by atoms with Gasteiger partial charge in [-0.05, 0) is 24.3 Å². The Balaban J connectivity index is 2.30. The predicted octanol–water partition coefficient (Wildman–Crippen LogP) is 1.10. The van der Waals surface area contributed by atoms with Gasteiger partial charge in [0.25, 0.3) is 0 Å². The molecular weight excluding hydrogens is 228 g/mol. The van der Waals surface area contributed by atoms with E-state index in [1.165, 1.54) is 0 Å². The maximum Gasteiger partial charge on any atom is 0.144 e. The van der Waals surface area contributed by atoms with Gasteiger partial charge in [0, 0.05) is 6.20 Å². The summed E-state index contributed by atoms with van der Waals surface area (Å²) in [5.74, 6) is -0.0924. The second kappa shape index (κ2) is 3.92. The van der Waals surface area contributed by atoms with Crippen LogP contribution in [0.15, 0.2) is 42.6 Å². The highest BCUT2D eigenvalue weighted by Crippen LogP contribution is 2.17. The van der Waals surface area contributed by atoms with Gasteiger partial charge in [-0.25, -0.2) is 4.68 Å². The zero-order valence-corrected chi connectivity index (χ0v) is 9.41. The molecular formula is C12H10N6. The van der Waals surface area contributed by atoms with Gasteiger partial charge in [0.05, 0.1) is 11.2 Å². The first-order valence-corrected chi connectivity index (χ1v) is 5.37. The normalized spacial score (nSPS) is 10.7. The van der Waals surface area contributed by atoms with Gasteiger partial charge < -0.3 is 5.73 Å². The van der Waals surface area contributed by atoms with Gasteiger partial charge in [-0.15, -0.1) is 5.10 Å². The molecule has 2 aromatic heterocycles. The highest BCUT2D eigenvalue weighted by atomic mass is 15.4. The fourth-order valence-electron chi connectivity index (χ4n) is 1.82. The Labute approximate surface area is 103 Å². The molecule has 1 aromatic carbocycles. The van der Waals surface area contributed by atoms with Crippen molar-refractivity contribution in [1.29, 1.82) is 5.41 Å². The van der Waals surface area contributed by atoms with E-state index in [0.717, 1.165) is 11.0 Å². The van der Waals surface area contributed by atoms with Crippen molar-refractivity contribution in [2.75, 3.05) is 0 Å². The first-order valence-electron chi connectivity index (χ1n) is 5.37. The summed E-state index contributed by atoms with van der Waals surface area (Å²) in [7, 11) is 0. The quantitative estimate of drug-likeness (QED) is 0.516. The molecule has 6 heteroatoms. The minimum atomic E-state index is -0.0924. The molecule has 3 aromatic rings. The van der Waals surface area contributed by atoms with Crippen LogP contribution in [-0.2, 0) is 0 Å². The van der Waals surface area contributed by atoms with Crippen LogP contribution in [0.1, 0.15) is 5.69 Å². The summed E-state index contributed by atoms with van der Waals surface area (Å²) in [6.45, 7) is 0. The summed E-state index contributed by atoms with van der Waals surface area (Å²) in [4.78, 5) is 4.10. The van der Waals surface area contributed by atoms with E-state index in [0.29, 0.717) is 11.4 Å². The van der Waals surface area contributed by atoms with Gasteiger partial charge in [-0.1, -0.05) is 17.3 Å². The van der Waals surface area contributed by atoms with Gasteiger partial charge in [0.1, 0.15) is 17.0 Å². The number of pyridine rings is 1. The molecule has 0 saturated carbocycles. The van der Waals surface area contributed by atoms with Crippen molar-refractivity contribution in [3.63, 3.8) is 0 Å². The molecule has 0 amide bonds. The molecule has 18 heavy (non-hydrogen) atoms. The predicted molar refractivity (Wildman–Crippen MR) is 67.7 cm³/mol. The summed E-state index contributed by atoms with van der Waals surface area (Å²) in [5.41, 5.74) is 8.21. The van der Waals surface area contributed by atoms with E-state index < -0.39 is 0 Å². The number of nitrogen functional groups attached to an aromatic ring is 1. The molecule has 0 bridgehead atoms.